The highest BCUT2D eigenvalue weighted by molar-refractivity contribution is 8.01. The van der Waals surface area contributed by atoms with Gasteiger partial charge in [-0.05, 0) is 75.9 Å². The summed E-state index contributed by atoms with van der Waals surface area (Å²) in [5.41, 5.74) is 1.97. The third kappa shape index (κ3) is 6.23. The van der Waals surface area contributed by atoms with Crippen LogP contribution in [0.25, 0.3) is 0 Å². The summed E-state index contributed by atoms with van der Waals surface area (Å²) in [6.45, 7) is 6.14. The summed E-state index contributed by atoms with van der Waals surface area (Å²) in [7, 11) is 0. The fourth-order valence-corrected chi connectivity index (χ4v) is 4.87. The van der Waals surface area contributed by atoms with Crippen LogP contribution < -0.4 is 10.6 Å². The van der Waals surface area contributed by atoms with Crippen molar-refractivity contribution in [3.63, 3.8) is 0 Å². The number of carbonyl (C=O) groups excluding carboxylic acids is 1. The maximum Gasteiger partial charge on any atom is 0.224 e. The number of benzene rings is 1. The van der Waals surface area contributed by atoms with Crippen molar-refractivity contribution in [3.05, 3.63) is 28.8 Å². The number of rotatable bonds is 6. The topological polar surface area (TPSA) is 66.9 Å². The Bertz CT molecular complexity index is 732. The Morgan fingerprint density at radius 3 is 2.73 bits per heavy atom. The number of halogens is 1. The van der Waals surface area contributed by atoms with Gasteiger partial charge in [-0.25, -0.2) is 0 Å². The van der Waals surface area contributed by atoms with E-state index in [0.29, 0.717) is 12.3 Å². The van der Waals surface area contributed by atoms with E-state index in [1.165, 1.54) is 12.8 Å². The van der Waals surface area contributed by atoms with Gasteiger partial charge in [0.15, 0.2) is 4.34 Å². The summed E-state index contributed by atoms with van der Waals surface area (Å²) in [5, 5.41) is 15.6. The standard InChI is InChI=1S/C18H24N4OS2.ClH/c1-12-11-15(25-18-22-21-13(2)24-18)4-5-16(12)20-17(23)6-3-14-7-9-19-10-8-14;/h4-5,11,14,19H,3,6-10H2,1-2H3,(H,20,23);1H. The molecule has 1 aromatic carbocycles. The Morgan fingerprint density at radius 1 is 1.31 bits per heavy atom. The van der Waals surface area contributed by atoms with Crippen molar-refractivity contribution in [2.24, 2.45) is 5.92 Å². The molecule has 1 aromatic heterocycles. The van der Waals surface area contributed by atoms with Gasteiger partial charge in [-0.1, -0.05) is 23.1 Å². The van der Waals surface area contributed by atoms with Crippen molar-refractivity contribution in [2.45, 2.75) is 48.8 Å². The molecule has 1 aliphatic rings. The number of amides is 1. The molecule has 0 radical (unpaired) electrons. The molecule has 26 heavy (non-hydrogen) atoms. The van der Waals surface area contributed by atoms with Crippen LogP contribution in [-0.4, -0.2) is 29.2 Å². The normalized spacial score (nSPS) is 14.7. The number of aromatic nitrogens is 2. The molecule has 2 heterocycles. The van der Waals surface area contributed by atoms with Crippen molar-refractivity contribution in [2.75, 3.05) is 18.4 Å². The monoisotopic (exact) mass is 412 g/mol. The fraction of sp³-hybridized carbons (Fsp3) is 0.500. The summed E-state index contributed by atoms with van der Waals surface area (Å²) in [5.74, 6) is 0.795. The van der Waals surface area contributed by atoms with Gasteiger partial charge in [0, 0.05) is 17.0 Å². The van der Waals surface area contributed by atoms with Crippen molar-refractivity contribution < 1.29 is 4.79 Å². The first-order chi connectivity index (χ1) is 12.1. The van der Waals surface area contributed by atoms with Crippen molar-refractivity contribution in [1.29, 1.82) is 0 Å². The molecule has 0 unspecified atom stereocenters. The largest absolute Gasteiger partial charge is 0.326 e. The highest BCUT2D eigenvalue weighted by Gasteiger charge is 2.15. The number of nitrogens with one attached hydrogen (secondary N) is 2. The first kappa shape index (κ1) is 21.2. The molecule has 142 valence electrons. The molecule has 0 atom stereocenters. The maximum atomic E-state index is 12.2. The lowest BCUT2D eigenvalue weighted by atomic mass is 9.93. The molecule has 1 aliphatic heterocycles. The molecule has 0 bridgehead atoms. The van der Waals surface area contributed by atoms with Gasteiger partial charge in [0.25, 0.3) is 0 Å². The van der Waals surface area contributed by atoms with Gasteiger partial charge < -0.3 is 10.6 Å². The number of hydrogen-bond donors (Lipinski definition) is 2. The molecule has 5 nitrogen and oxygen atoms in total. The van der Waals surface area contributed by atoms with Gasteiger partial charge in [0.2, 0.25) is 5.91 Å². The molecular weight excluding hydrogens is 388 g/mol. The van der Waals surface area contributed by atoms with E-state index >= 15 is 0 Å². The molecule has 1 saturated heterocycles. The molecule has 2 N–H and O–H groups in total. The van der Waals surface area contributed by atoms with Crippen LogP contribution in [-0.2, 0) is 4.79 Å². The van der Waals surface area contributed by atoms with Gasteiger partial charge in [0.1, 0.15) is 5.01 Å². The van der Waals surface area contributed by atoms with Crippen molar-refractivity contribution in [3.8, 4) is 0 Å². The molecule has 0 aliphatic carbocycles. The second kappa shape index (κ2) is 10.3. The highest BCUT2D eigenvalue weighted by atomic mass is 35.5. The first-order valence-corrected chi connectivity index (χ1v) is 10.3. The Kier molecular flexibility index (Phi) is 8.34. The SMILES string of the molecule is Cc1nnc(Sc2ccc(NC(=O)CCC3CCNCC3)c(C)c2)s1.Cl. The number of aryl methyl sites for hydroxylation is 2. The molecule has 1 amide bonds. The van der Waals surface area contributed by atoms with Crippen LogP contribution in [0.3, 0.4) is 0 Å². The molecule has 3 rings (SSSR count). The summed E-state index contributed by atoms with van der Waals surface area (Å²) in [6.07, 6.45) is 3.95. The number of nitrogens with zero attached hydrogens (tertiary/aromatic N) is 2. The molecule has 0 saturated carbocycles. The first-order valence-electron chi connectivity index (χ1n) is 8.69. The summed E-state index contributed by atoms with van der Waals surface area (Å²) >= 11 is 3.20. The van der Waals surface area contributed by atoms with E-state index in [-0.39, 0.29) is 18.3 Å². The zero-order valence-electron chi connectivity index (χ0n) is 15.1. The molecule has 1 fully saturated rings. The molecule has 0 spiro atoms. The van der Waals surface area contributed by atoms with Gasteiger partial charge in [-0.3, -0.25) is 4.79 Å². The number of anilines is 1. The summed E-state index contributed by atoms with van der Waals surface area (Å²) < 4.78 is 0.940. The maximum absolute atomic E-state index is 12.2. The fourth-order valence-electron chi connectivity index (χ4n) is 2.98. The Balaban J connectivity index is 0.00000243. The van der Waals surface area contributed by atoms with Gasteiger partial charge in [-0.2, -0.15) is 0 Å². The zero-order valence-corrected chi connectivity index (χ0v) is 17.5. The van der Waals surface area contributed by atoms with E-state index in [1.807, 2.05) is 26.0 Å². The van der Waals surface area contributed by atoms with Gasteiger partial charge in [0.05, 0.1) is 0 Å². The van der Waals surface area contributed by atoms with E-state index in [1.54, 1.807) is 23.1 Å². The van der Waals surface area contributed by atoms with Crippen LogP contribution >= 0.6 is 35.5 Å². The predicted molar refractivity (Wildman–Crippen MR) is 111 cm³/mol. The number of piperidine rings is 1. The minimum atomic E-state index is 0. The smallest absolute Gasteiger partial charge is 0.224 e. The number of carbonyl (C=O) groups is 1. The third-order valence-corrected chi connectivity index (χ3v) is 6.30. The lowest BCUT2D eigenvalue weighted by Crippen LogP contribution is -2.28. The Labute approximate surface area is 169 Å². The van der Waals surface area contributed by atoms with Crippen LogP contribution in [0.4, 0.5) is 5.69 Å². The second-order valence-corrected chi connectivity index (χ2v) is 8.95. The van der Waals surface area contributed by atoms with Gasteiger partial charge in [-0.15, -0.1) is 22.6 Å². The Hall–Kier alpha value is -1.15. The van der Waals surface area contributed by atoms with Gasteiger partial charge >= 0.3 is 0 Å². The lowest BCUT2D eigenvalue weighted by Gasteiger charge is -2.22. The van der Waals surface area contributed by atoms with Crippen LogP contribution in [0.15, 0.2) is 27.4 Å². The highest BCUT2D eigenvalue weighted by Crippen LogP contribution is 2.32. The van der Waals surface area contributed by atoms with Crippen molar-refractivity contribution >= 4 is 47.1 Å². The molecule has 2 aromatic rings. The average molecular weight is 413 g/mol. The van der Waals surface area contributed by atoms with E-state index < -0.39 is 0 Å². The quantitative estimate of drug-likeness (QED) is 0.733. The minimum Gasteiger partial charge on any atom is -0.326 e. The van der Waals surface area contributed by atoms with E-state index in [9.17, 15) is 4.79 Å². The van der Waals surface area contributed by atoms with E-state index in [2.05, 4.69) is 26.9 Å². The average Bonchev–Trinajstić information content (AvgIpc) is 3.01. The zero-order chi connectivity index (χ0) is 17.6. The second-order valence-electron chi connectivity index (χ2n) is 6.45. The summed E-state index contributed by atoms with van der Waals surface area (Å²) in [6, 6.07) is 6.09. The lowest BCUT2D eigenvalue weighted by molar-refractivity contribution is -0.116. The number of hydrogen-bond acceptors (Lipinski definition) is 6. The molecule has 8 heteroatoms. The predicted octanol–water partition coefficient (Wildman–Crippen LogP) is 4.45. The summed E-state index contributed by atoms with van der Waals surface area (Å²) in [4.78, 5) is 13.3. The van der Waals surface area contributed by atoms with Crippen LogP contribution in [0.2, 0.25) is 0 Å². The third-order valence-electron chi connectivity index (χ3n) is 4.42. The Morgan fingerprint density at radius 2 is 2.08 bits per heavy atom. The van der Waals surface area contributed by atoms with Crippen molar-refractivity contribution in [1.82, 2.24) is 15.5 Å². The van der Waals surface area contributed by atoms with E-state index in [4.69, 9.17) is 0 Å². The van der Waals surface area contributed by atoms with Crippen LogP contribution in [0.1, 0.15) is 36.3 Å². The molecular formula is C18H25ClN4OS2. The van der Waals surface area contributed by atoms with E-state index in [0.717, 1.165) is 45.0 Å². The van der Waals surface area contributed by atoms with Crippen LogP contribution in [0.5, 0.6) is 0 Å². The van der Waals surface area contributed by atoms with Crippen LogP contribution in [0, 0.1) is 19.8 Å². The minimum absolute atomic E-state index is 0.